The topological polar surface area (TPSA) is 41.0 Å². The molecule has 18 heavy (non-hydrogen) atoms. The van der Waals surface area contributed by atoms with Crippen LogP contribution in [0.15, 0.2) is 6.07 Å². The Morgan fingerprint density at radius 3 is 2.50 bits per heavy atom. The lowest BCUT2D eigenvalue weighted by atomic mass is 9.96. The van der Waals surface area contributed by atoms with Gasteiger partial charge in [-0.15, -0.1) is 0 Å². The number of hydrogen-bond donors (Lipinski definition) is 1. The Morgan fingerprint density at radius 1 is 1.33 bits per heavy atom. The Balaban J connectivity index is 2.27. The first-order valence-electron chi connectivity index (χ1n) is 6.68. The first kappa shape index (κ1) is 13.1. The maximum Gasteiger partial charge on any atom is 0.138 e. The molecule has 0 aromatic carbocycles. The van der Waals surface area contributed by atoms with Crippen LogP contribution in [0, 0.1) is 5.92 Å². The number of hydrogen-bond acceptors (Lipinski definition) is 4. The average molecular weight is 248 g/mol. The number of nitrogens with one attached hydrogen (secondary N) is 1. The Hall–Kier alpha value is -1.32. The molecule has 100 valence electrons. The molecule has 1 aromatic rings. The third kappa shape index (κ3) is 3.12. The highest BCUT2D eigenvalue weighted by Gasteiger charge is 2.25. The lowest BCUT2D eigenvalue weighted by Gasteiger charge is -2.23. The van der Waals surface area contributed by atoms with Crippen LogP contribution in [0.5, 0.6) is 0 Å². The van der Waals surface area contributed by atoms with E-state index < -0.39 is 0 Å². The van der Waals surface area contributed by atoms with Crippen molar-refractivity contribution < 1.29 is 0 Å². The van der Waals surface area contributed by atoms with Gasteiger partial charge in [-0.1, -0.05) is 20.8 Å². The van der Waals surface area contributed by atoms with Gasteiger partial charge < -0.3 is 10.2 Å². The quantitative estimate of drug-likeness (QED) is 0.889. The van der Waals surface area contributed by atoms with E-state index in [2.05, 4.69) is 43.0 Å². The van der Waals surface area contributed by atoms with E-state index in [0.29, 0.717) is 0 Å². The minimum atomic E-state index is -0.0258. The van der Waals surface area contributed by atoms with Crippen LogP contribution in [-0.4, -0.2) is 30.6 Å². The van der Waals surface area contributed by atoms with E-state index in [1.54, 1.807) is 0 Å². The van der Waals surface area contributed by atoms with Crippen LogP contribution in [0.1, 0.15) is 39.4 Å². The summed E-state index contributed by atoms with van der Waals surface area (Å²) in [6, 6.07) is 2.03. The lowest BCUT2D eigenvalue weighted by Crippen LogP contribution is -2.24. The van der Waals surface area contributed by atoms with Gasteiger partial charge in [0.15, 0.2) is 0 Å². The molecule has 0 amide bonds. The number of anilines is 2. The van der Waals surface area contributed by atoms with Crippen molar-refractivity contribution in [3.63, 3.8) is 0 Å². The van der Waals surface area contributed by atoms with Crippen LogP contribution in [-0.2, 0) is 5.41 Å². The molecule has 1 aliphatic carbocycles. The summed E-state index contributed by atoms with van der Waals surface area (Å²) in [7, 11) is 4.02. The monoisotopic (exact) mass is 248 g/mol. The minimum absolute atomic E-state index is 0.0258. The zero-order valence-corrected chi connectivity index (χ0v) is 12.1. The Morgan fingerprint density at radius 2 is 2.00 bits per heavy atom. The summed E-state index contributed by atoms with van der Waals surface area (Å²) >= 11 is 0. The fraction of sp³-hybridized carbons (Fsp3) is 0.714. The first-order valence-corrected chi connectivity index (χ1v) is 6.68. The molecule has 0 saturated heterocycles. The van der Waals surface area contributed by atoms with Crippen molar-refractivity contribution in [2.24, 2.45) is 5.92 Å². The van der Waals surface area contributed by atoms with E-state index in [4.69, 9.17) is 4.98 Å². The van der Waals surface area contributed by atoms with E-state index >= 15 is 0 Å². The van der Waals surface area contributed by atoms with E-state index in [1.807, 2.05) is 13.1 Å². The average Bonchev–Trinajstić information content (AvgIpc) is 3.11. The summed E-state index contributed by atoms with van der Waals surface area (Å²) in [6.07, 6.45) is 2.72. The van der Waals surface area contributed by atoms with Gasteiger partial charge in [0.1, 0.15) is 17.5 Å². The molecule has 0 atom stereocenters. The fourth-order valence-corrected chi connectivity index (χ4v) is 1.87. The smallest absolute Gasteiger partial charge is 0.138 e. The molecule has 0 aliphatic heterocycles. The first-order chi connectivity index (χ1) is 8.40. The van der Waals surface area contributed by atoms with Crippen molar-refractivity contribution in [3.05, 3.63) is 11.9 Å². The van der Waals surface area contributed by atoms with Gasteiger partial charge in [-0.05, 0) is 18.8 Å². The van der Waals surface area contributed by atoms with E-state index in [-0.39, 0.29) is 5.41 Å². The van der Waals surface area contributed by atoms with Crippen LogP contribution in [0.4, 0.5) is 11.6 Å². The van der Waals surface area contributed by atoms with Gasteiger partial charge in [0, 0.05) is 32.1 Å². The van der Waals surface area contributed by atoms with Crippen LogP contribution in [0.2, 0.25) is 0 Å². The lowest BCUT2D eigenvalue weighted by molar-refractivity contribution is 0.545. The normalized spacial score (nSPS) is 15.6. The van der Waals surface area contributed by atoms with Crippen LogP contribution in [0.3, 0.4) is 0 Å². The Labute approximate surface area is 110 Å². The van der Waals surface area contributed by atoms with Crippen molar-refractivity contribution in [3.8, 4) is 0 Å². The molecular formula is C14H24N4. The summed E-state index contributed by atoms with van der Waals surface area (Å²) in [5.41, 5.74) is -0.0258. The molecule has 1 heterocycles. The fourth-order valence-electron chi connectivity index (χ4n) is 1.87. The van der Waals surface area contributed by atoms with Gasteiger partial charge in [0.05, 0.1) is 0 Å². The molecule has 1 saturated carbocycles. The van der Waals surface area contributed by atoms with E-state index in [1.165, 1.54) is 12.8 Å². The van der Waals surface area contributed by atoms with Crippen molar-refractivity contribution in [2.45, 2.75) is 39.0 Å². The molecule has 0 unspecified atom stereocenters. The van der Waals surface area contributed by atoms with Crippen molar-refractivity contribution >= 4 is 11.6 Å². The molecule has 0 radical (unpaired) electrons. The highest BCUT2D eigenvalue weighted by molar-refractivity contribution is 5.49. The zero-order chi connectivity index (χ0) is 13.3. The molecule has 1 aromatic heterocycles. The zero-order valence-electron chi connectivity index (χ0n) is 12.1. The molecular weight excluding hydrogens is 224 g/mol. The molecule has 0 spiro atoms. The second-order valence-corrected chi connectivity index (χ2v) is 6.26. The van der Waals surface area contributed by atoms with Crippen molar-refractivity contribution in [1.29, 1.82) is 0 Å². The van der Waals surface area contributed by atoms with Gasteiger partial charge in [-0.2, -0.15) is 0 Å². The maximum absolute atomic E-state index is 4.71. The molecule has 1 fully saturated rings. The summed E-state index contributed by atoms with van der Waals surface area (Å²) in [5, 5.41) is 3.13. The third-order valence-corrected chi connectivity index (χ3v) is 3.26. The van der Waals surface area contributed by atoms with Crippen molar-refractivity contribution in [2.75, 3.05) is 30.9 Å². The van der Waals surface area contributed by atoms with Crippen LogP contribution in [0.25, 0.3) is 0 Å². The molecule has 2 rings (SSSR count). The van der Waals surface area contributed by atoms with E-state index in [9.17, 15) is 0 Å². The van der Waals surface area contributed by atoms with Crippen LogP contribution < -0.4 is 10.2 Å². The number of aromatic nitrogens is 2. The van der Waals surface area contributed by atoms with Gasteiger partial charge in [-0.25, -0.2) is 9.97 Å². The summed E-state index contributed by atoms with van der Waals surface area (Å²) in [5.74, 6) is 3.67. The molecule has 4 nitrogen and oxygen atoms in total. The SMILES string of the molecule is CNc1cc(N(C)CC2CC2)nc(C(C)(C)C)n1. The van der Waals surface area contributed by atoms with E-state index in [0.717, 1.165) is 29.9 Å². The third-order valence-electron chi connectivity index (χ3n) is 3.26. The van der Waals surface area contributed by atoms with Gasteiger partial charge in [0.2, 0.25) is 0 Å². The van der Waals surface area contributed by atoms with Crippen LogP contribution >= 0.6 is 0 Å². The highest BCUT2D eigenvalue weighted by Crippen LogP contribution is 2.31. The summed E-state index contributed by atoms with van der Waals surface area (Å²) in [4.78, 5) is 11.5. The molecule has 0 bridgehead atoms. The largest absolute Gasteiger partial charge is 0.373 e. The standard InChI is InChI=1S/C14H24N4/c1-14(2,3)13-16-11(15-4)8-12(17-13)18(5)9-10-6-7-10/h8,10H,6-7,9H2,1-5H3,(H,15,16,17). The summed E-state index contributed by atoms with van der Waals surface area (Å²) in [6.45, 7) is 7.54. The second kappa shape index (κ2) is 4.75. The summed E-state index contributed by atoms with van der Waals surface area (Å²) < 4.78 is 0. The Kier molecular flexibility index (Phi) is 3.46. The second-order valence-electron chi connectivity index (χ2n) is 6.26. The number of nitrogens with zero attached hydrogens (tertiary/aromatic N) is 3. The predicted octanol–water partition coefficient (Wildman–Crippen LogP) is 2.66. The predicted molar refractivity (Wildman–Crippen MR) is 76.3 cm³/mol. The molecule has 1 aliphatic rings. The van der Waals surface area contributed by atoms with Gasteiger partial charge in [0.25, 0.3) is 0 Å². The van der Waals surface area contributed by atoms with Gasteiger partial charge >= 0.3 is 0 Å². The van der Waals surface area contributed by atoms with Gasteiger partial charge in [-0.3, -0.25) is 0 Å². The number of rotatable bonds is 4. The molecule has 1 N–H and O–H groups in total. The minimum Gasteiger partial charge on any atom is -0.373 e. The van der Waals surface area contributed by atoms with Crippen molar-refractivity contribution in [1.82, 2.24) is 9.97 Å². The highest BCUT2D eigenvalue weighted by atomic mass is 15.2. The maximum atomic E-state index is 4.71. The Bertz CT molecular complexity index is 418. The molecule has 4 heteroatoms.